The second-order valence-corrected chi connectivity index (χ2v) is 4.32. The number of fused-ring (bicyclic) bond motifs is 1. The van der Waals surface area contributed by atoms with Crippen LogP contribution in [-0.2, 0) is 0 Å². The number of ketones is 2. The lowest BCUT2D eigenvalue weighted by molar-refractivity contribution is 0.0852. The molecule has 0 saturated carbocycles. The third-order valence-electron chi connectivity index (χ3n) is 3.46. The molecule has 0 heterocycles. The molecule has 2 nitrogen and oxygen atoms in total. The molecule has 1 aliphatic rings. The lowest BCUT2D eigenvalue weighted by Gasteiger charge is -2.08. The predicted octanol–water partition coefficient (Wildman–Crippen LogP) is 2.63. The molecule has 2 heteroatoms. The summed E-state index contributed by atoms with van der Waals surface area (Å²) >= 11 is 0. The average Bonchev–Trinajstić information content (AvgIpc) is 2.40. The average molecular weight is 202 g/mol. The molecule has 2 rings (SSSR count). The molecule has 1 atom stereocenters. The van der Waals surface area contributed by atoms with Gasteiger partial charge in [-0.25, -0.2) is 0 Å². The van der Waals surface area contributed by atoms with Gasteiger partial charge in [-0.2, -0.15) is 0 Å². The van der Waals surface area contributed by atoms with E-state index < -0.39 is 5.92 Å². The number of aryl methyl sites for hydroxylation is 1. The van der Waals surface area contributed by atoms with Crippen LogP contribution in [0.25, 0.3) is 0 Å². The van der Waals surface area contributed by atoms with E-state index in [4.69, 9.17) is 0 Å². The first-order valence-electron chi connectivity index (χ1n) is 5.14. The van der Waals surface area contributed by atoms with Crippen molar-refractivity contribution in [2.24, 2.45) is 5.92 Å². The number of carbonyl (C=O) groups excluding carboxylic acids is 2. The molecule has 0 fully saturated rings. The molecule has 78 valence electrons. The van der Waals surface area contributed by atoms with Crippen LogP contribution in [0.4, 0.5) is 0 Å². The molecule has 0 aliphatic heterocycles. The van der Waals surface area contributed by atoms with Gasteiger partial charge in [-0.05, 0) is 50.5 Å². The Morgan fingerprint density at radius 1 is 1.00 bits per heavy atom. The molecule has 0 spiro atoms. The summed E-state index contributed by atoms with van der Waals surface area (Å²) in [6, 6.07) is 1.85. The smallest absolute Gasteiger partial charge is 0.174 e. The third-order valence-corrected chi connectivity index (χ3v) is 3.46. The summed E-state index contributed by atoms with van der Waals surface area (Å²) in [6.07, 6.45) is 0. The fraction of sp³-hybridized carbons (Fsp3) is 0.385. The summed E-state index contributed by atoms with van der Waals surface area (Å²) in [5.41, 5.74) is 4.43. The van der Waals surface area contributed by atoms with E-state index in [1.807, 2.05) is 26.8 Å². The van der Waals surface area contributed by atoms with Crippen LogP contribution < -0.4 is 0 Å². The van der Waals surface area contributed by atoms with Crippen LogP contribution in [-0.4, -0.2) is 11.6 Å². The van der Waals surface area contributed by atoms with Gasteiger partial charge >= 0.3 is 0 Å². The molecule has 15 heavy (non-hydrogen) atoms. The molecule has 1 aromatic carbocycles. The van der Waals surface area contributed by atoms with E-state index >= 15 is 0 Å². The maximum absolute atomic E-state index is 11.9. The zero-order valence-electron chi connectivity index (χ0n) is 9.47. The third kappa shape index (κ3) is 1.17. The van der Waals surface area contributed by atoms with Gasteiger partial charge in [0, 0.05) is 11.1 Å². The molecule has 0 bridgehead atoms. The quantitative estimate of drug-likeness (QED) is 0.606. The summed E-state index contributed by atoms with van der Waals surface area (Å²) in [4.78, 5) is 23.7. The molecule has 0 saturated heterocycles. The number of carbonyl (C=O) groups is 2. The van der Waals surface area contributed by atoms with Crippen LogP contribution in [0.15, 0.2) is 6.07 Å². The van der Waals surface area contributed by atoms with E-state index in [0.29, 0.717) is 11.1 Å². The molecule has 1 unspecified atom stereocenters. The molecule has 0 radical (unpaired) electrons. The predicted molar refractivity (Wildman–Crippen MR) is 58.5 cm³/mol. The van der Waals surface area contributed by atoms with Gasteiger partial charge in [-0.1, -0.05) is 0 Å². The minimum absolute atomic E-state index is 0.0180. The SMILES string of the molecule is Cc1cc2c(c(C)c1C)C(=O)C(C)C2=O. The van der Waals surface area contributed by atoms with Gasteiger partial charge in [-0.15, -0.1) is 0 Å². The molecular weight excluding hydrogens is 188 g/mol. The minimum atomic E-state index is -0.486. The number of rotatable bonds is 0. The Balaban J connectivity index is 2.81. The van der Waals surface area contributed by atoms with Crippen LogP contribution in [0.5, 0.6) is 0 Å². The highest BCUT2D eigenvalue weighted by Crippen LogP contribution is 2.32. The topological polar surface area (TPSA) is 34.1 Å². The highest BCUT2D eigenvalue weighted by Gasteiger charge is 2.36. The number of Topliss-reactive ketones (excluding diaryl/α,β-unsaturated/α-hetero) is 2. The van der Waals surface area contributed by atoms with Crippen LogP contribution in [0.3, 0.4) is 0 Å². The zero-order chi connectivity index (χ0) is 11.3. The maximum Gasteiger partial charge on any atom is 0.174 e. The van der Waals surface area contributed by atoms with Gasteiger partial charge in [-0.3, -0.25) is 9.59 Å². The first kappa shape index (κ1) is 10.1. The van der Waals surface area contributed by atoms with Gasteiger partial charge in [0.2, 0.25) is 0 Å². The van der Waals surface area contributed by atoms with Crippen molar-refractivity contribution in [3.63, 3.8) is 0 Å². The van der Waals surface area contributed by atoms with E-state index in [9.17, 15) is 9.59 Å². The number of benzene rings is 1. The lowest BCUT2D eigenvalue weighted by Crippen LogP contribution is -2.09. The Morgan fingerprint density at radius 3 is 2.20 bits per heavy atom. The maximum atomic E-state index is 11.9. The Morgan fingerprint density at radius 2 is 1.60 bits per heavy atom. The van der Waals surface area contributed by atoms with Gasteiger partial charge < -0.3 is 0 Å². The summed E-state index contributed by atoms with van der Waals surface area (Å²) in [6.45, 7) is 7.58. The standard InChI is InChI=1S/C13H14O2/c1-6-5-10-11(8(3)7(6)2)13(15)9(4)12(10)14/h5,9H,1-4H3. The van der Waals surface area contributed by atoms with E-state index in [1.165, 1.54) is 0 Å². The van der Waals surface area contributed by atoms with E-state index in [0.717, 1.165) is 16.7 Å². The van der Waals surface area contributed by atoms with Crippen LogP contribution in [0, 0.1) is 26.7 Å². The number of hydrogen-bond acceptors (Lipinski definition) is 2. The van der Waals surface area contributed by atoms with E-state index in [-0.39, 0.29) is 11.6 Å². The van der Waals surface area contributed by atoms with Crippen LogP contribution in [0.1, 0.15) is 44.3 Å². The normalized spacial score (nSPS) is 19.6. The van der Waals surface area contributed by atoms with Gasteiger partial charge in [0.05, 0.1) is 5.92 Å². The fourth-order valence-corrected chi connectivity index (χ4v) is 2.16. The molecular formula is C13H14O2. The van der Waals surface area contributed by atoms with Gasteiger partial charge in [0.15, 0.2) is 11.6 Å². The van der Waals surface area contributed by atoms with Crippen molar-refractivity contribution >= 4 is 11.6 Å². The van der Waals surface area contributed by atoms with Crippen LogP contribution >= 0.6 is 0 Å². The van der Waals surface area contributed by atoms with E-state index in [1.54, 1.807) is 6.92 Å². The summed E-state index contributed by atoms with van der Waals surface area (Å²) < 4.78 is 0. The minimum Gasteiger partial charge on any atom is -0.293 e. The second-order valence-electron chi connectivity index (χ2n) is 4.32. The van der Waals surface area contributed by atoms with Crippen molar-refractivity contribution in [2.75, 3.05) is 0 Å². The Kier molecular flexibility index (Phi) is 2.03. The van der Waals surface area contributed by atoms with Crippen LogP contribution in [0.2, 0.25) is 0 Å². The van der Waals surface area contributed by atoms with Crippen molar-refractivity contribution in [3.05, 3.63) is 33.9 Å². The monoisotopic (exact) mass is 202 g/mol. The fourth-order valence-electron chi connectivity index (χ4n) is 2.16. The van der Waals surface area contributed by atoms with Crippen molar-refractivity contribution < 1.29 is 9.59 Å². The lowest BCUT2D eigenvalue weighted by atomic mass is 9.95. The molecule has 1 aliphatic carbocycles. The summed E-state index contributed by atoms with van der Waals surface area (Å²) in [5.74, 6) is -0.531. The zero-order valence-corrected chi connectivity index (χ0v) is 9.47. The second kappa shape index (κ2) is 3.02. The van der Waals surface area contributed by atoms with Crippen molar-refractivity contribution in [3.8, 4) is 0 Å². The van der Waals surface area contributed by atoms with Gasteiger partial charge in [0.1, 0.15) is 0 Å². The van der Waals surface area contributed by atoms with Crippen molar-refractivity contribution in [2.45, 2.75) is 27.7 Å². The first-order chi connectivity index (χ1) is 6.95. The van der Waals surface area contributed by atoms with Crippen molar-refractivity contribution in [1.29, 1.82) is 0 Å². The molecule has 0 amide bonds. The van der Waals surface area contributed by atoms with E-state index in [2.05, 4.69) is 0 Å². The first-order valence-corrected chi connectivity index (χ1v) is 5.14. The molecule has 0 N–H and O–H groups in total. The Hall–Kier alpha value is -1.44. The molecule has 0 aromatic heterocycles. The summed E-state index contributed by atoms with van der Waals surface area (Å²) in [5, 5.41) is 0. The highest BCUT2D eigenvalue weighted by molar-refractivity contribution is 6.26. The summed E-state index contributed by atoms with van der Waals surface area (Å²) in [7, 11) is 0. The largest absolute Gasteiger partial charge is 0.293 e. The Bertz CT molecular complexity index is 484. The number of hydrogen-bond donors (Lipinski definition) is 0. The van der Waals surface area contributed by atoms with Crippen molar-refractivity contribution in [1.82, 2.24) is 0 Å². The highest BCUT2D eigenvalue weighted by atomic mass is 16.2. The Labute approximate surface area is 89.3 Å². The van der Waals surface area contributed by atoms with Gasteiger partial charge in [0.25, 0.3) is 0 Å². The molecule has 1 aromatic rings.